The second-order valence-corrected chi connectivity index (χ2v) is 4.07. The van der Waals surface area contributed by atoms with Crippen LogP contribution in [0.25, 0.3) is 0 Å². The molecule has 5 heteroatoms. The van der Waals surface area contributed by atoms with Gasteiger partial charge in [0.05, 0.1) is 15.7 Å². The zero-order valence-electron chi connectivity index (χ0n) is 7.10. The van der Waals surface area contributed by atoms with Gasteiger partial charge in [-0.3, -0.25) is 14.3 Å². The van der Waals surface area contributed by atoms with Crippen molar-refractivity contribution < 1.29 is 9.13 Å². The lowest BCUT2D eigenvalue weighted by atomic mass is 10.3. The zero-order valence-corrected chi connectivity index (χ0v) is 7.91. The van der Waals surface area contributed by atoms with Crippen LogP contribution in [0.15, 0.2) is 29.2 Å². The van der Waals surface area contributed by atoms with E-state index in [-0.39, 0.29) is 5.69 Å². The summed E-state index contributed by atoms with van der Waals surface area (Å²) in [5, 5.41) is 10.5. The lowest BCUT2D eigenvalue weighted by molar-refractivity contribution is -0.387. The average molecular weight is 199 g/mol. The maximum absolute atomic E-state index is 11.3. The SMILES string of the molecule is CCS(=O)c1ccccc1[N+](=O)[O-]. The summed E-state index contributed by atoms with van der Waals surface area (Å²) in [5.41, 5.74) is -0.0670. The summed E-state index contributed by atoms with van der Waals surface area (Å²) in [5.74, 6) is 0.394. The molecule has 1 unspecified atom stereocenters. The molecule has 1 rings (SSSR count). The minimum absolute atomic E-state index is 0.0670. The summed E-state index contributed by atoms with van der Waals surface area (Å²) in [4.78, 5) is 10.3. The van der Waals surface area contributed by atoms with Gasteiger partial charge in [0.2, 0.25) is 0 Å². The average Bonchev–Trinajstić information content (AvgIpc) is 2.16. The highest BCUT2D eigenvalue weighted by atomic mass is 32.2. The number of hydrogen-bond acceptors (Lipinski definition) is 3. The number of nitro groups is 1. The summed E-state index contributed by atoms with van der Waals surface area (Å²) in [6.07, 6.45) is 0. The fourth-order valence-corrected chi connectivity index (χ4v) is 1.87. The van der Waals surface area contributed by atoms with Crippen LogP contribution in [0.4, 0.5) is 5.69 Å². The van der Waals surface area contributed by atoms with E-state index in [4.69, 9.17) is 0 Å². The van der Waals surface area contributed by atoms with Crippen molar-refractivity contribution in [1.29, 1.82) is 0 Å². The van der Waals surface area contributed by atoms with Gasteiger partial charge < -0.3 is 0 Å². The lowest BCUT2D eigenvalue weighted by Gasteiger charge is -1.99. The second-order valence-electron chi connectivity index (χ2n) is 2.36. The Morgan fingerprint density at radius 3 is 2.62 bits per heavy atom. The molecule has 13 heavy (non-hydrogen) atoms. The summed E-state index contributed by atoms with van der Waals surface area (Å²) >= 11 is 0. The standard InChI is InChI=1S/C8H9NO3S/c1-2-13(12)8-6-4-3-5-7(8)9(10)11/h3-6H,2H2,1H3. The van der Waals surface area contributed by atoms with Crippen molar-refractivity contribution in [1.82, 2.24) is 0 Å². The van der Waals surface area contributed by atoms with Crippen LogP contribution in [-0.2, 0) is 10.8 Å². The van der Waals surface area contributed by atoms with Gasteiger partial charge in [0.25, 0.3) is 5.69 Å². The Labute approximate surface area is 78.2 Å². The molecule has 0 saturated heterocycles. The number of para-hydroxylation sites is 1. The monoisotopic (exact) mass is 199 g/mol. The first-order valence-electron chi connectivity index (χ1n) is 3.78. The van der Waals surface area contributed by atoms with Crippen molar-refractivity contribution in [2.75, 3.05) is 5.75 Å². The number of benzene rings is 1. The molecule has 0 bridgehead atoms. The van der Waals surface area contributed by atoms with Crippen molar-refractivity contribution in [2.45, 2.75) is 11.8 Å². The van der Waals surface area contributed by atoms with E-state index in [1.807, 2.05) is 0 Å². The van der Waals surface area contributed by atoms with Gasteiger partial charge >= 0.3 is 0 Å². The smallest absolute Gasteiger partial charge is 0.258 e. The fourth-order valence-electron chi connectivity index (χ4n) is 0.956. The van der Waals surface area contributed by atoms with Crippen LogP contribution in [0.5, 0.6) is 0 Å². The van der Waals surface area contributed by atoms with Crippen LogP contribution in [0, 0.1) is 10.1 Å². The highest BCUT2D eigenvalue weighted by molar-refractivity contribution is 7.85. The van der Waals surface area contributed by atoms with Gasteiger partial charge in [-0.15, -0.1) is 0 Å². The van der Waals surface area contributed by atoms with Gasteiger partial charge in [0, 0.05) is 11.8 Å². The summed E-state index contributed by atoms with van der Waals surface area (Å²) in [6, 6.07) is 6.10. The van der Waals surface area contributed by atoms with Crippen LogP contribution >= 0.6 is 0 Å². The predicted molar refractivity (Wildman–Crippen MR) is 50.0 cm³/mol. The first-order chi connectivity index (χ1) is 6.16. The fraction of sp³-hybridized carbons (Fsp3) is 0.250. The van der Waals surface area contributed by atoms with Crippen molar-refractivity contribution in [3.63, 3.8) is 0 Å². The molecule has 0 N–H and O–H groups in total. The maximum atomic E-state index is 11.3. The Morgan fingerprint density at radius 2 is 2.08 bits per heavy atom. The molecular formula is C8H9NO3S. The number of rotatable bonds is 3. The highest BCUT2D eigenvalue weighted by Gasteiger charge is 2.15. The first kappa shape index (κ1) is 9.85. The van der Waals surface area contributed by atoms with Crippen molar-refractivity contribution in [2.24, 2.45) is 0 Å². The maximum Gasteiger partial charge on any atom is 0.285 e. The zero-order chi connectivity index (χ0) is 9.84. The Hall–Kier alpha value is -1.23. The molecule has 4 nitrogen and oxygen atoms in total. The molecule has 1 aromatic carbocycles. The van der Waals surface area contributed by atoms with Crippen LogP contribution in [0.3, 0.4) is 0 Å². The Bertz CT molecular complexity index is 351. The predicted octanol–water partition coefficient (Wildman–Crippen LogP) is 1.72. The highest BCUT2D eigenvalue weighted by Crippen LogP contribution is 2.21. The lowest BCUT2D eigenvalue weighted by Crippen LogP contribution is -1.99. The molecular weight excluding hydrogens is 190 g/mol. The van der Waals surface area contributed by atoms with Crippen molar-refractivity contribution in [3.8, 4) is 0 Å². The van der Waals surface area contributed by atoms with E-state index in [1.54, 1.807) is 19.1 Å². The Kier molecular flexibility index (Phi) is 3.13. The quantitative estimate of drug-likeness (QED) is 0.550. The van der Waals surface area contributed by atoms with E-state index < -0.39 is 15.7 Å². The molecule has 0 radical (unpaired) electrons. The molecule has 0 fully saturated rings. The van der Waals surface area contributed by atoms with Crippen LogP contribution in [-0.4, -0.2) is 14.9 Å². The molecule has 0 amide bonds. The van der Waals surface area contributed by atoms with E-state index in [9.17, 15) is 14.3 Å². The molecule has 0 aliphatic rings. The third-order valence-corrected chi connectivity index (χ3v) is 2.93. The van der Waals surface area contributed by atoms with Crippen LogP contribution < -0.4 is 0 Å². The third kappa shape index (κ3) is 2.12. The van der Waals surface area contributed by atoms with E-state index >= 15 is 0 Å². The second kappa shape index (κ2) is 4.13. The molecule has 0 heterocycles. The molecule has 0 spiro atoms. The van der Waals surface area contributed by atoms with Gasteiger partial charge in [-0.2, -0.15) is 0 Å². The van der Waals surface area contributed by atoms with E-state index in [0.717, 1.165) is 0 Å². The third-order valence-electron chi connectivity index (χ3n) is 1.57. The van der Waals surface area contributed by atoms with E-state index in [2.05, 4.69) is 0 Å². The molecule has 0 aliphatic heterocycles. The number of hydrogen-bond donors (Lipinski definition) is 0. The van der Waals surface area contributed by atoms with E-state index in [0.29, 0.717) is 10.6 Å². The number of nitro benzene ring substituents is 1. The molecule has 0 aliphatic carbocycles. The number of nitrogens with zero attached hydrogens (tertiary/aromatic N) is 1. The first-order valence-corrected chi connectivity index (χ1v) is 5.10. The van der Waals surface area contributed by atoms with Crippen molar-refractivity contribution in [3.05, 3.63) is 34.4 Å². The molecule has 70 valence electrons. The minimum Gasteiger partial charge on any atom is -0.258 e. The van der Waals surface area contributed by atoms with Crippen LogP contribution in [0.2, 0.25) is 0 Å². The summed E-state index contributed by atoms with van der Waals surface area (Å²) < 4.78 is 11.3. The van der Waals surface area contributed by atoms with E-state index in [1.165, 1.54) is 12.1 Å². The summed E-state index contributed by atoms with van der Waals surface area (Å²) in [7, 11) is -1.26. The van der Waals surface area contributed by atoms with Gasteiger partial charge in [0.15, 0.2) is 0 Å². The minimum atomic E-state index is -1.26. The van der Waals surface area contributed by atoms with Crippen LogP contribution in [0.1, 0.15) is 6.92 Å². The van der Waals surface area contributed by atoms with Gasteiger partial charge in [0.1, 0.15) is 4.90 Å². The van der Waals surface area contributed by atoms with Gasteiger partial charge in [-0.1, -0.05) is 19.1 Å². The topological polar surface area (TPSA) is 60.2 Å². The largest absolute Gasteiger partial charge is 0.285 e. The Morgan fingerprint density at radius 1 is 1.46 bits per heavy atom. The van der Waals surface area contributed by atoms with Gasteiger partial charge in [-0.05, 0) is 6.07 Å². The molecule has 1 atom stereocenters. The Balaban J connectivity index is 3.19. The van der Waals surface area contributed by atoms with Gasteiger partial charge in [-0.25, -0.2) is 0 Å². The van der Waals surface area contributed by atoms with Crippen molar-refractivity contribution >= 4 is 16.5 Å². The normalized spacial score (nSPS) is 12.4. The molecule has 0 aromatic heterocycles. The molecule has 0 saturated carbocycles. The summed E-state index contributed by atoms with van der Waals surface area (Å²) in [6.45, 7) is 1.73. The molecule has 1 aromatic rings.